The van der Waals surface area contributed by atoms with Gasteiger partial charge in [0.25, 0.3) is 0 Å². The average molecular weight is 605 g/mol. The van der Waals surface area contributed by atoms with Gasteiger partial charge in [-0.3, -0.25) is 4.99 Å². The van der Waals surface area contributed by atoms with E-state index < -0.39 is 11.1 Å². The molecule has 0 aliphatic rings. The van der Waals surface area contributed by atoms with Gasteiger partial charge in [-0.05, 0) is 38.3 Å². The van der Waals surface area contributed by atoms with E-state index in [2.05, 4.69) is 73.6 Å². The number of hydrogen-bond acceptors (Lipinski definition) is 2. The van der Waals surface area contributed by atoms with Crippen molar-refractivity contribution in [3.05, 3.63) is 120 Å². The van der Waals surface area contributed by atoms with E-state index >= 15 is 0 Å². The molecule has 1 radical (unpaired) electrons. The predicted octanol–water partition coefficient (Wildman–Crippen LogP) is 9.68. The third kappa shape index (κ3) is 13.6. The number of hydrogen-bond donors (Lipinski definition) is 1. The second-order valence-corrected chi connectivity index (χ2v) is 11.4. The van der Waals surface area contributed by atoms with Crippen LogP contribution in [-0.2, 0) is 26.2 Å². The fraction of sp³-hybridized carbons (Fsp3) is 0.400. The van der Waals surface area contributed by atoms with Crippen molar-refractivity contribution < 1.29 is 31.3 Å². The standard InChI is InChI=1S/C21H35N2O.2C7H7.Zr/c1-14(2)17-11-10-12-18(15(3)4)19(17)23-21(8,9)16(5)22-20(6,7)13-24;2*1-7-5-3-2-4-6-7;/h10-12,14-15,24H,13H2,1-9H3;2*2-6H,1H2;/q3*-1;+3. The second-order valence-electron chi connectivity index (χ2n) is 11.4. The summed E-state index contributed by atoms with van der Waals surface area (Å²) in [6, 6.07) is 26.2. The van der Waals surface area contributed by atoms with E-state index in [1.807, 2.05) is 81.4 Å². The molecule has 0 saturated carbocycles. The average Bonchev–Trinajstić information content (AvgIpc) is 2.85. The summed E-state index contributed by atoms with van der Waals surface area (Å²) in [6.45, 7) is 26.4. The summed E-state index contributed by atoms with van der Waals surface area (Å²) in [6.07, 6.45) is 0. The molecule has 0 heterocycles. The maximum absolute atomic E-state index is 9.49. The molecule has 3 rings (SSSR count). The molecular formula is C35H49N2OZr. The molecule has 3 nitrogen and oxygen atoms in total. The fourth-order valence-corrected chi connectivity index (χ4v) is 3.58. The van der Waals surface area contributed by atoms with Crippen molar-refractivity contribution in [2.45, 2.75) is 85.2 Å². The third-order valence-electron chi connectivity index (χ3n) is 6.16. The third-order valence-corrected chi connectivity index (χ3v) is 6.16. The van der Waals surface area contributed by atoms with Gasteiger partial charge >= 0.3 is 26.2 Å². The number of aliphatic hydroxyl groups is 1. The van der Waals surface area contributed by atoms with Crippen LogP contribution >= 0.6 is 0 Å². The van der Waals surface area contributed by atoms with E-state index in [-0.39, 0.29) is 32.8 Å². The number of nitrogens with zero attached hydrogens (tertiary/aromatic N) is 2. The summed E-state index contributed by atoms with van der Waals surface area (Å²) in [4.78, 5) is 4.72. The first-order valence-electron chi connectivity index (χ1n) is 13.5. The van der Waals surface area contributed by atoms with Crippen LogP contribution in [-0.4, -0.2) is 28.5 Å². The molecule has 0 spiro atoms. The van der Waals surface area contributed by atoms with Crippen LogP contribution in [0, 0.1) is 13.8 Å². The van der Waals surface area contributed by atoms with Crippen LogP contribution in [0.3, 0.4) is 0 Å². The zero-order valence-corrected chi connectivity index (χ0v) is 28.1. The Morgan fingerprint density at radius 1 is 0.744 bits per heavy atom. The van der Waals surface area contributed by atoms with Crippen LogP contribution in [0.5, 0.6) is 0 Å². The summed E-state index contributed by atoms with van der Waals surface area (Å²) in [5.74, 6) is 0.841. The zero-order chi connectivity index (χ0) is 28.9. The first-order valence-corrected chi connectivity index (χ1v) is 13.5. The minimum atomic E-state index is -0.477. The van der Waals surface area contributed by atoms with E-state index in [0.29, 0.717) is 11.8 Å². The largest absolute Gasteiger partial charge is 3.00 e. The number of rotatable bonds is 7. The molecule has 0 saturated heterocycles. The van der Waals surface area contributed by atoms with Crippen molar-refractivity contribution >= 4 is 11.4 Å². The van der Waals surface area contributed by atoms with Gasteiger partial charge in [0.05, 0.1) is 12.1 Å². The minimum absolute atomic E-state index is 0. The van der Waals surface area contributed by atoms with E-state index in [4.69, 9.17) is 10.3 Å². The smallest absolute Gasteiger partial charge is 0.674 e. The summed E-state index contributed by atoms with van der Waals surface area (Å²) in [5, 5.41) is 14.6. The van der Waals surface area contributed by atoms with E-state index in [1.54, 1.807) is 0 Å². The molecule has 0 fully saturated rings. The molecular weight excluding hydrogens is 556 g/mol. The van der Waals surface area contributed by atoms with Gasteiger partial charge in [-0.25, -0.2) is 0 Å². The molecule has 0 aromatic heterocycles. The van der Waals surface area contributed by atoms with Gasteiger partial charge in [0.1, 0.15) is 0 Å². The number of aliphatic imine (C=N–C) groups is 1. The number of benzene rings is 3. The first kappa shape index (κ1) is 36.7. The van der Waals surface area contributed by atoms with Gasteiger partial charge in [0, 0.05) is 0 Å². The quantitative estimate of drug-likeness (QED) is 0.212. The molecule has 0 amide bonds. The molecule has 1 N–H and O–H groups in total. The fourth-order valence-electron chi connectivity index (χ4n) is 3.58. The van der Waals surface area contributed by atoms with Crippen LogP contribution in [0.25, 0.3) is 5.32 Å². The molecule has 39 heavy (non-hydrogen) atoms. The maximum Gasteiger partial charge on any atom is 3.00 e. The van der Waals surface area contributed by atoms with Crippen molar-refractivity contribution in [2.75, 3.05) is 6.61 Å². The molecule has 0 atom stereocenters. The van der Waals surface area contributed by atoms with Crippen LogP contribution in [0.15, 0.2) is 83.9 Å². The second kappa shape index (κ2) is 17.4. The van der Waals surface area contributed by atoms with Gasteiger partial charge in [0.15, 0.2) is 0 Å². The van der Waals surface area contributed by atoms with Gasteiger partial charge in [0.2, 0.25) is 0 Å². The molecule has 209 valence electrons. The summed E-state index contributed by atoms with van der Waals surface area (Å²) < 4.78 is 0. The SMILES string of the molecule is CC(=NC(C)(C)CO)C(C)(C)[N-]c1c(C(C)C)cccc1C(C)C.[CH2-]c1ccccc1.[CH2-]c1ccccc1.[Zr+3]. The maximum atomic E-state index is 9.49. The Morgan fingerprint density at radius 2 is 1.13 bits per heavy atom. The number of aliphatic hydroxyl groups excluding tert-OH is 1. The molecule has 0 aliphatic carbocycles. The Morgan fingerprint density at radius 3 is 1.41 bits per heavy atom. The van der Waals surface area contributed by atoms with Crippen LogP contribution < -0.4 is 0 Å². The Bertz CT molecular complexity index is 1040. The summed E-state index contributed by atoms with van der Waals surface area (Å²) >= 11 is 0. The van der Waals surface area contributed by atoms with Crippen molar-refractivity contribution in [1.29, 1.82) is 0 Å². The van der Waals surface area contributed by atoms with E-state index in [9.17, 15) is 5.11 Å². The Labute approximate surface area is 258 Å². The Hall–Kier alpha value is -2.29. The Balaban J connectivity index is 0.000000774. The first-order chi connectivity index (χ1) is 17.7. The molecule has 0 unspecified atom stereocenters. The molecule has 0 aliphatic heterocycles. The van der Waals surface area contributed by atoms with Crippen molar-refractivity contribution in [1.82, 2.24) is 0 Å². The Kier molecular flexibility index (Phi) is 16.4. The summed E-state index contributed by atoms with van der Waals surface area (Å²) in [7, 11) is 0. The van der Waals surface area contributed by atoms with Crippen LogP contribution in [0.2, 0.25) is 0 Å². The summed E-state index contributed by atoms with van der Waals surface area (Å²) in [5.41, 5.74) is 5.85. The van der Waals surface area contributed by atoms with Crippen LogP contribution in [0.1, 0.15) is 96.4 Å². The molecule has 3 aromatic carbocycles. The van der Waals surface area contributed by atoms with Gasteiger partial charge in [-0.2, -0.15) is 49.2 Å². The van der Waals surface area contributed by atoms with E-state index in [0.717, 1.165) is 22.5 Å². The van der Waals surface area contributed by atoms with Gasteiger partial charge in [-0.15, -0.1) is 30.0 Å². The van der Waals surface area contributed by atoms with Crippen LogP contribution in [0.4, 0.5) is 5.69 Å². The normalized spacial score (nSPS) is 11.5. The monoisotopic (exact) mass is 603 g/mol. The van der Waals surface area contributed by atoms with Gasteiger partial charge < -0.3 is 10.4 Å². The number of para-hydroxylation sites is 1. The molecule has 3 aromatic rings. The zero-order valence-electron chi connectivity index (χ0n) is 25.6. The van der Waals surface area contributed by atoms with Gasteiger partial charge in [-0.1, -0.05) is 88.5 Å². The predicted molar refractivity (Wildman–Crippen MR) is 168 cm³/mol. The topological polar surface area (TPSA) is 46.7 Å². The van der Waals surface area contributed by atoms with Crippen molar-refractivity contribution in [3.63, 3.8) is 0 Å². The van der Waals surface area contributed by atoms with E-state index in [1.165, 1.54) is 11.1 Å². The van der Waals surface area contributed by atoms with Crippen molar-refractivity contribution in [3.8, 4) is 0 Å². The minimum Gasteiger partial charge on any atom is -0.674 e. The molecule has 0 bridgehead atoms. The molecule has 4 heteroatoms. The van der Waals surface area contributed by atoms with Crippen molar-refractivity contribution in [2.24, 2.45) is 4.99 Å².